The second-order valence-corrected chi connectivity index (χ2v) is 3.33. The summed E-state index contributed by atoms with van der Waals surface area (Å²) in [5.74, 6) is 0.365. The van der Waals surface area contributed by atoms with E-state index in [-0.39, 0.29) is 0 Å². The Morgan fingerprint density at radius 3 is 3.00 bits per heavy atom. The summed E-state index contributed by atoms with van der Waals surface area (Å²) >= 11 is 0. The quantitative estimate of drug-likeness (QED) is 0.638. The van der Waals surface area contributed by atoms with E-state index in [1.807, 2.05) is 24.3 Å². The van der Waals surface area contributed by atoms with Crippen molar-refractivity contribution in [1.82, 2.24) is 0 Å². The average Bonchev–Trinajstić information content (AvgIpc) is 2.57. The van der Waals surface area contributed by atoms with E-state index in [1.54, 1.807) is 6.07 Å². The maximum Gasteiger partial charge on any atom is 0.123 e. The highest BCUT2D eigenvalue weighted by atomic mass is 16.3. The van der Waals surface area contributed by atoms with Gasteiger partial charge in [0.05, 0.1) is 0 Å². The van der Waals surface area contributed by atoms with E-state index in [0.29, 0.717) is 5.75 Å². The number of hydrogen-bond acceptors (Lipinski definition) is 2. The zero-order chi connectivity index (χ0) is 8.84. The van der Waals surface area contributed by atoms with Crippen molar-refractivity contribution in [3.05, 3.63) is 35.9 Å². The summed E-state index contributed by atoms with van der Waals surface area (Å²) in [7, 11) is 0. The van der Waals surface area contributed by atoms with Crippen LogP contribution in [0.2, 0.25) is 0 Å². The number of anilines is 1. The second kappa shape index (κ2) is 2.16. The van der Waals surface area contributed by atoms with Crippen LogP contribution in [0.4, 0.5) is 5.69 Å². The first-order valence-electron chi connectivity index (χ1n) is 4.34. The van der Waals surface area contributed by atoms with Crippen LogP contribution in [-0.4, -0.2) is 5.11 Å². The Hall–Kier alpha value is -1.70. The van der Waals surface area contributed by atoms with Gasteiger partial charge >= 0.3 is 0 Å². The van der Waals surface area contributed by atoms with Gasteiger partial charge in [-0.1, -0.05) is 18.2 Å². The molecule has 1 aliphatic heterocycles. The van der Waals surface area contributed by atoms with Gasteiger partial charge in [-0.3, -0.25) is 0 Å². The zero-order valence-electron chi connectivity index (χ0n) is 7.04. The van der Waals surface area contributed by atoms with Crippen LogP contribution in [0.3, 0.4) is 0 Å². The SMILES string of the molecule is Oc1ccc2c3c(cccc13)NC2. The first kappa shape index (κ1) is 6.78. The van der Waals surface area contributed by atoms with Gasteiger partial charge in [-0.15, -0.1) is 0 Å². The summed E-state index contributed by atoms with van der Waals surface area (Å²) in [5, 5.41) is 15.0. The molecular formula is C11H9NO. The highest BCUT2D eigenvalue weighted by molar-refractivity contribution is 6.02. The molecule has 2 aromatic rings. The summed E-state index contributed by atoms with van der Waals surface area (Å²) in [6.45, 7) is 0.871. The number of hydrogen-bond donors (Lipinski definition) is 2. The van der Waals surface area contributed by atoms with Gasteiger partial charge in [-0.05, 0) is 17.7 Å². The Bertz CT molecular complexity index is 480. The molecule has 0 amide bonds. The summed E-state index contributed by atoms with van der Waals surface area (Å²) < 4.78 is 0. The highest BCUT2D eigenvalue weighted by Gasteiger charge is 2.14. The maximum absolute atomic E-state index is 9.62. The third-order valence-corrected chi connectivity index (χ3v) is 2.57. The fourth-order valence-corrected chi connectivity index (χ4v) is 1.95. The van der Waals surface area contributed by atoms with Crippen molar-refractivity contribution in [3.63, 3.8) is 0 Å². The van der Waals surface area contributed by atoms with Crippen LogP contribution < -0.4 is 5.32 Å². The first-order chi connectivity index (χ1) is 6.36. The van der Waals surface area contributed by atoms with Gasteiger partial charge in [-0.25, -0.2) is 0 Å². The molecule has 0 saturated carbocycles. The Morgan fingerprint density at radius 2 is 2.08 bits per heavy atom. The molecule has 0 aromatic heterocycles. The molecule has 0 spiro atoms. The van der Waals surface area contributed by atoms with Crippen molar-refractivity contribution < 1.29 is 5.11 Å². The van der Waals surface area contributed by atoms with Crippen LogP contribution in [0.5, 0.6) is 5.75 Å². The van der Waals surface area contributed by atoms with Gasteiger partial charge < -0.3 is 10.4 Å². The number of aromatic hydroxyl groups is 1. The lowest BCUT2D eigenvalue weighted by atomic mass is 10.1. The number of phenols is 1. The minimum atomic E-state index is 0.365. The Labute approximate surface area is 75.8 Å². The van der Waals surface area contributed by atoms with Gasteiger partial charge in [0.1, 0.15) is 5.75 Å². The van der Waals surface area contributed by atoms with Crippen LogP contribution in [-0.2, 0) is 6.54 Å². The Kier molecular flexibility index (Phi) is 1.13. The van der Waals surface area contributed by atoms with Crippen molar-refractivity contribution in [1.29, 1.82) is 0 Å². The van der Waals surface area contributed by atoms with E-state index in [9.17, 15) is 5.11 Å². The summed E-state index contributed by atoms with van der Waals surface area (Å²) in [5.41, 5.74) is 2.40. The normalized spacial score (nSPS) is 13.2. The van der Waals surface area contributed by atoms with Crippen molar-refractivity contribution in [3.8, 4) is 5.75 Å². The largest absolute Gasteiger partial charge is 0.507 e. The van der Waals surface area contributed by atoms with Gasteiger partial charge in [0, 0.05) is 23.0 Å². The van der Waals surface area contributed by atoms with Gasteiger partial charge in [0.15, 0.2) is 0 Å². The number of nitrogens with one attached hydrogen (secondary N) is 1. The minimum absolute atomic E-state index is 0.365. The van der Waals surface area contributed by atoms with Crippen LogP contribution in [0.25, 0.3) is 10.8 Å². The molecule has 1 aliphatic rings. The summed E-state index contributed by atoms with van der Waals surface area (Å²) in [6.07, 6.45) is 0. The van der Waals surface area contributed by atoms with Crippen molar-refractivity contribution >= 4 is 16.5 Å². The molecule has 2 nitrogen and oxygen atoms in total. The second-order valence-electron chi connectivity index (χ2n) is 3.33. The topological polar surface area (TPSA) is 32.3 Å². The van der Waals surface area contributed by atoms with Crippen LogP contribution in [0.15, 0.2) is 30.3 Å². The Morgan fingerprint density at radius 1 is 1.15 bits per heavy atom. The number of rotatable bonds is 0. The van der Waals surface area contributed by atoms with Gasteiger partial charge in [0.2, 0.25) is 0 Å². The molecular weight excluding hydrogens is 162 g/mol. The van der Waals surface area contributed by atoms with Gasteiger partial charge in [0.25, 0.3) is 0 Å². The Balaban J connectivity index is 2.58. The molecule has 0 unspecified atom stereocenters. The molecule has 0 radical (unpaired) electrons. The van der Waals surface area contributed by atoms with Crippen LogP contribution in [0, 0.1) is 0 Å². The van der Waals surface area contributed by atoms with E-state index in [4.69, 9.17) is 0 Å². The molecule has 2 aromatic carbocycles. The third kappa shape index (κ3) is 0.773. The lowest BCUT2D eigenvalue weighted by molar-refractivity contribution is 0.481. The smallest absolute Gasteiger partial charge is 0.123 e. The summed E-state index contributed by atoms with van der Waals surface area (Å²) in [4.78, 5) is 0. The van der Waals surface area contributed by atoms with E-state index < -0.39 is 0 Å². The van der Waals surface area contributed by atoms with Crippen molar-refractivity contribution in [2.45, 2.75) is 6.54 Å². The molecule has 0 fully saturated rings. The third-order valence-electron chi connectivity index (χ3n) is 2.57. The minimum Gasteiger partial charge on any atom is -0.507 e. The zero-order valence-corrected chi connectivity index (χ0v) is 7.04. The van der Waals surface area contributed by atoms with E-state index in [1.165, 1.54) is 10.9 Å². The van der Waals surface area contributed by atoms with Crippen LogP contribution in [0.1, 0.15) is 5.56 Å². The molecule has 3 rings (SSSR count). The predicted molar refractivity (Wildman–Crippen MR) is 52.9 cm³/mol. The van der Waals surface area contributed by atoms with E-state index >= 15 is 0 Å². The molecule has 0 aliphatic carbocycles. The molecule has 2 N–H and O–H groups in total. The monoisotopic (exact) mass is 171 g/mol. The number of phenolic OH excluding ortho intramolecular Hbond substituents is 1. The molecule has 0 atom stereocenters. The fourth-order valence-electron chi connectivity index (χ4n) is 1.95. The molecule has 0 saturated heterocycles. The molecule has 13 heavy (non-hydrogen) atoms. The molecule has 1 heterocycles. The lowest BCUT2D eigenvalue weighted by Crippen LogP contribution is -1.87. The lowest BCUT2D eigenvalue weighted by Gasteiger charge is -2.01. The maximum atomic E-state index is 9.62. The molecule has 0 bridgehead atoms. The van der Waals surface area contributed by atoms with Crippen molar-refractivity contribution in [2.75, 3.05) is 5.32 Å². The van der Waals surface area contributed by atoms with E-state index in [2.05, 4.69) is 5.32 Å². The van der Waals surface area contributed by atoms with Gasteiger partial charge in [-0.2, -0.15) is 0 Å². The van der Waals surface area contributed by atoms with E-state index in [0.717, 1.165) is 17.6 Å². The van der Waals surface area contributed by atoms with Crippen molar-refractivity contribution in [2.24, 2.45) is 0 Å². The van der Waals surface area contributed by atoms with Crippen LogP contribution >= 0.6 is 0 Å². The predicted octanol–water partition coefficient (Wildman–Crippen LogP) is 2.47. The fraction of sp³-hybridized carbons (Fsp3) is 0.0909. The standard InChI is InChI=1S/C11H9NO/c13-10-5-4-7-6-12-9-3-1-2-8(10)11(7)9/h1-5,12-13H,6H2. The summed E-state index contributed by atoms with van der Waals surface area (Å²) in [6, 6.07) is 9.68. The first-order valence-corrected chi connectivity index (χ1v) is 4.34. The number of benzene rings is 2. The molecule has 2 heteroatoms. The highest BCUT2D eigenvalue weighted by Crippen LogP contribution is 2.36. The average molecular weight is 171 g/mol. The molecule has 64 valence electrons.